The molecule has 1 atom stereocenters. The van der Waals surface area contributed by atoms with E-state index in [1.165, 1.54) is 0 Å². The van der Waals surface area contributed by atoms with Crippen molar-refractivity contribution in [3.05, 3.63) is 38.9 Å². The number of rotatable bonds is 4. The highest BCUT2D eigenvalue weighted by Crippen LogP contribution is 2.31. The zero-order valence-corrected chi connectivity index (χ0v) is 13.3. The van der Waals surface area contributed by atoms with Crippen LogP contribution in [0, 0.1) is 0 Å². The molecule has 0 radical (unpaired) electrons. The second-order valence-corrected chi connectivity index (χ2v) is 5.95. The van der Waals surface area contributed by atoms with Gasteiger partial charge in [0.15, 0.2) is 4.67 Å². The predicted octanol–water partition coefficient (Wildman–Crippen LogP) is 3.86. The molecule has 0 aromatic carbocycles. The SMILES string of the molecule is CC(C)n1ccc(CC(O)c2cc(Br)c(Br)o2)n1. The summed E-state index contributed by atoms with van der Waals surface area (Å²) in [5.74, 6) is 0.521. The lowest BCUT2D eigenvalue weighted by molar-refractivity contribution is 0.147. The van der Waals surface area contributed by atoms with Crippen LogP contribution in [0.4, 0.5) is 0 Å². The standard InChI is InChI=1S/C12H14Br2N2O2/c1-7(2)16-4-3-8(15-16)5-10(17)11-6-9(13)12(14)18-11/h3-4,6-7,10,17H,5H2,1-2H3. The molecule has 0 amide bonds. The fourth-order valence-corrected chi connectivity index (χ4v) is 2.21. The average Bonchev–Trinajstić information content (AvgIpc) is 2.87. The molecule has 2 aromatic heterocycles. The highest BCUT2D eigenvalue weighted by molar-refractivity contribution is 9.13. The highest BCUT2D eigenvalue weighted by atomic mass is 79.9. The van der Waals surface area contributed by atoms with Crippen LogP contribution in [0.25, 0.3) is 0 Å². The van der Waals surface area contributed by atoms with Crippen LogP contribution in [-0.4, -0.2) is 14.9 Å². The lowest BCUT2D eigenvalue weighted by Crippen LogP contribution is -2.04. The van der Waals surface area contributed by atoms with Gasteiger partial charge < -0.3 is 9.52 Å². The van der Waals surface area contributed by atoms with Crippen molar-refractivity contribution in [3.8, 4) is 0 Å². The van der Waals surface area contributed by atoms with Crippen LogP contribution in [0.2, 0.25) is 0 Å². The van der Waals surface area contributed by atoms with Crippen molar-refractivity contribution >= 4 is 31.9 Å². The van der Waals surface area contributed by atoms with Crippen molar-refractivity contribution in [1.82, 2.24) is 9.78 Å². The van der Waals surface area contributed by atoms with Gasteiger partial charge in [-0.1, -0.05) is 0 Å². The van der Waals surface area contributed by atoms with Crippen LogP contribution in [-0.2, 0) is 6.42 Å². The Hall–Kier alpha value is -0.590. The van der Waals surface area contributed by atoms with Crippen LogP contribution in [0.15, 0.2) is 31.9 Å². The fraction of sp³-hybridized carbons (Fsp3) is 0.417. The van der Waals surface area contributed by atoms with Crippen molar-refractivity contribution in [2.45, 2.75) is 32.4 Å². The molecule has 6 heteroatoms. The molecule has 0 saturated heterocycles. The van der Waals surface area contributed by atoms with Gasteiger partial charge in [0.25, 0.3) is 0 Å². The largest absolute Gasteiger partial charge is 0.450 e. The molecule has 0 saturated carbocycles. The molecule has 0 aliphatic heterocycles. The maximum atomic E-state index is 10.1. The van der Waals surface area contributed by atoms with E-state index in [1.807, 2.05) is 16.9 Å². The van der Waals surface area contributed by atoms with Gasteiger partial charge in [-0.2, -0.15) is 5.10 Å². The van der Waals surface area contributed by atoms with Gasteiger partial charge in [0.1, 0.15) is 11.9 Å². The molecular formula is C12H14Br2N2O2. The Labute approximate surface area is 122 Å². The Morgan fingerprint density at radius 3 is 2.67 bits per heavy atom. The van der Waals surface area contributed by atoms with E-state index >= 15 is 0 Å². The smallest absolute Gasteiger partial charge is 0.183 e. The number of aliphatic hydroxyl groups excluding tert-OH is 1. The summed E-state index contributed by atoms with van der Waals surface area (Å²) < 4.78 is 8.64. The van der Waals surface area contributed by atoms with E-state index in [0.717, 1.165) is 10.2 Å². The minimum Gasteiger partial charge on any atom is -0.450 e. The van der Waals surface area contributed by atoms with Gasteiger partial charge >= 0.3 is 0 Å². The molecule has 98 valence electrons. The van der Waals surface area contributed by atoms with Gasteiger partial charge in [-0.3, -0.25) is 4.68 Å². The molecule has 0 fully saturated rings. The first-order chi connectivity index (χ1) is 8.47. The summed E-state index contributed by atoms with van der Waals surface area (Å²) in [5, 5.41) is 14.5. The summed E-state index contributed by atoms with van der Waals surface area (Å²) in [5.41, 5.74) is 0.847. The van der Waals surface area contributed by atoms with E-state index in [9.17, 15) is 5.11 Å². The van der Waals surface area contributed by atoms with Gasteiger partial charge in [-0.05, 0) is 57.8 Å². The van der Waals surface area contributed by atoms with E-state index in [0.29, 0.717) is 22.9 Å². The third kappa shape index (κ3) is 3.05. The fourth-order valence-electron chi connectivity index (χ4n) is 1.60. The number of halogens is 2. The number of nitrogens with zero attached hydrogens (tertiary/aromatic N) is 2. The molecule has 4 nitrogen and oxygen atoms in total. The van der Waals surface area contributed by atoms with Crippen molar-refractivity contribution in [3.63, 3.8) is 0 Å². The van der Waals surface area contributed by atoms with Gasteiger partial charge in [0, 0.05) is 18.7 Å². The highest BCUT2D eigenvalue weighted by Gasteiger charge is 2.17. The van der Waals surface area contributed by atoms with Gasteiger partial charge in [-0.25, -0.2) is 0 Å². The third-order valence-corrected chi connectivity index (χ3v) is 4.30. The number of aliphatic hydroxyl groups is 1. The third-order valence-electron chi connectivity index (χ3n) is 2.59. The van der Waals surface area contributed by atoms with Crippen LogP contribution in [0.5, 0.6) is 0 Å². The zero-order valence-electron chi connectivity index (χ0n) is 10.1. The molecule has 0 aliphatic carbocycles. The molecular weight excluding hydrogens is 364 g/mol. The monoisotopic (exact) mass is 376 g/mol. The number of furan rings is 1. The topological polar surface area (TPSA) is 51.2 Å². The van der Waals surface area contributed by atoms with E-state index in [1.54, 1.807) is 6.07 Å². The normalized spacial score (nSPS) is 13.2. The van der Waals surface area contributed by atoms with Crippen LogP contribution >= 0.6 is 31.9 Å². The lowest BCUT2D eigenvalue weighted by Gasteiger charge is -2.06. The number of hydrogen-bond acceptors (Lipinski definition) is 3. The summed E-state index contributed by atoms with van der Waals surface area (Å²) in [4.78, 5) is 0. The Bertz CT molecular complexity index is 514. The summed E-state index contributed by atoms with van der Waals surface area (Å²) in [7, 11) is 0. The van der Waals surface area contributed by atoms with E-state index in [-0.39, 0.29) is 0 Å². The van der Waals surface area contributed by atoms with E-state index < -0.39 is 6.10 Å². The zero-order chi connectivity index (χ0) is 13.3. The maximum Gasteiger partial charge on any atom is 0.183 e. The first-order valence-electron chi connectivity index (χ1n) is 5.64. The predicted molar refractivity (Wildman–Crippen MR) is 75.4 cm³/mol. The summed E-state index contributed by atoms with van der Waals surface area (Å²) in [6.45, 7) is 4.13. The molecule has 1 unspecified atom stereocenters. The Morgan fingerprint density at radius 2 is 2.17 bits per heavy atom. The van der Waals surface area contributed by atoms with Crippen LogP contribution in [0.3, 0.4) is 0 Å². The van der Waals surface area contributed by atoms with Crippen LogP contribution in [0.1, 0.15) is 37.4 Å². The Kier molecular flexibility index (Phi) is 4.29. The van der Waals surface area contributed by atoms with Crippen molar-refractivity contribution < 1.29 is 9.52 Å². The Morgan fingerprint density at radius 1 is 1.44 bits per heavy atom. The quantitative estimate of drug-likeness (QED) is 0.880. The van der Waals surface area contributed by atoms with Crippen molar-refractivity contribution in [2.24, 2.45) is 0 Å². The van der Waals surface area contributed by atoms with Crippen molar-refractivity contribution in [2.75, 3.05) is 0 Å². The number of aromatic nitrogens is 2. The molecule has 2 rings (SSSR count). The van der Waals surface area contributed by atoms with Gasteiger partial charge in [-0.15, -0.1) is 0 Å². The van der Waals surface area contributed by atoms with Gasteiger partial charge in [0.2, 0.25) is 0 Å². The first kappa shape index (κ1) is 13.8. The van der Waals surface area contributed by atoms with Crippen LogP contribution < -0.4 is 0 Å². The van der Waals surface area contributed by atoms with Crippen molar-refractivity contribution in [1.29, 1.82) is 0 Å². The minimum atomic E-state index is -0.692. The first-order valence-corrected chi connectivity index (χ1v) is 7.22. The molecule has 1 N–H and O–H groups in total. The van der Waals surface area contributed by atoms with Gasteiger partial charge in [0.05, 0.1) is 10.2 Å². The molecule has 0 spiro atoms. The second kappa shape index (κ2) is 5.59. The molecule has 0 bridgehead atoms. The second-order valence-electron chi connectivity index (χ2n) is 4.37. The maximum absolute atomic E-state index is 10.1. The number of hydrogen-bond donors (Lipinski definition) is 1. The minimum absolute atomic E-state index is 0.322. The lowest BCUT2D eigenvalue weighted by atomic mass is 10.1. The summed E-state index contributed by atoms with van der Waals surface area (Å²) in [6.07, 6.45) is 1.66. The summed E-state index contributed by atoms with van der Waals surface area (Å²) >= 11 is 6.57. The van der Waals surface area contributed by atoms with E-state index in [2.05, 4.69) is 50.8 Å². The molecule has 2 heterocycles. The molecule has 18 heavy (non-hydrogen) atoms. The Balaban J connectivity index is 2.08. The molecule has 0 aliphatic rings. The average molecular weight is 378 g/mol. The molecule has 2 aromatic rings. The van der Waals surface area contributed by atoms with E-state index in [4.69, 9.17) is 4.42 Å². The summed E-state index contributed by atoms with van der Waals surface area (Å²) in [6, 6.07) is 3.99.